The van der Waals surface area contributed by atoms with Crippen LogP contribution in [-0.2, 0) is 4.74 Å². The first-order valence-electron chi connectivity index (χ1n) is 6.07. The summed E-state index contributed by atoms with van der Waals surface area (Å²) in [6, 6.07) is 0.701. The second kappa shape index (κ2) is 7.24. The molecule has 0 spiro atoms. The molecule has 1 saturated carbocycles. The topological polar surface area (TPSA) is 21.3 Å². The zero-order valence-electron chi connectivity index (χ0n) is 9.72. The van der Waals surface area contributed by atoms with Crippen LogP contribution in [0.4, 0.5) is 0 Å². The van der Waals surface area contributed by atoms with Crippen molar-refractivity contribution >= 4 is 0 Å². The molecule has 0 saturated heterocycles. The van der Waals surface area contributed by atoms with E-state index in [0.29, 0.717) is 6.04 Å². The molecule has 14 heavy (non-hydrogen) atoms. The number of ether oxygens (including phenoxy) is 1. The van der Waals surface area contributed by atoms with E-state index >= 15 is 0 Å². The molecule has 0 radical (unpaired) electrons. The third kappa shape index (κ3) is 4.43. The van der Waals surface area contributed by atoms with Crippen molar-refractivity contribution in [3.8, 4) is 0 Å². The molecule has 0 bridgehead atoms. The molecule has 0 heterocycles. The van der Waals surface area contributed by atoms with Crippen LogP contribution in [0.2, 0.25) is 0 Å². The van der Waals surface area contributed by atoms with Gasteiger partial charge in [0.25, 0.3) is 0 Å². The van der Waals surface area contributed by atoms with Crippen molar-refractivity contribution in [3.05, 3.63) is 0 Å². The van der Waals surface area contributed by atoms with Crippen LogP contribution in [0.15, 0.2) is 0 Å². The predicted molar refractivity (Wildman–Crippen MR) is 60.5 cm³/mol. The SMILES string of the molecule is COCCCN[C@H](C)C1CCCCC1. The first kappa shape index (κ1) is 12.0. The third-order valence-corrected chi connectivity index (χ3v) is 3.35. The summed E-state index contributed by atoms with van der Waals surface area (Å²) in [5.74, 6) is 0.922. The van der Waals surface area contributed by atoms with Gasteiger partial charge in [-0.25, -0.2) is 0 Å². The van der Waals surface area contributed by atoms with Crippen LogP contribution in [0.3, 0.4) is 0 Å². The van der Waals surface area contributed by atoms with Gasteiger partial charge in [0.15, 0.2) is 0 Å². The Labute approximate surface area is 88.4 Å². The standard InChI is InChI=1S/C12H25NO/c1-11(13-9-6-10-14-2)12-7-4-3-5-8-12/h11-13H,3-10H2,1-2H3/t11-/m1/s1. The molecule has 1 atom stereocenters. The second-order valence-electron chi connectivity index (χ2n) is 4.49. The monoisotopic (exact) mass is 199 g/mol. The largest absolute Gasteiger partial charge is 0.385 e. The summed E-state index contributed by atoms with van der Waals surface area (Å²) in [6.45, 7) is 4.32. The fourth-order valence-electron chi connectivity index (χ4n) is 2.35. The van der Waals surface area contributed by atoms with Crippen LogP contribution in [0.25, 0.3) is 0 Å². The van der Waals surface area contributed by atoms with E-state index in [-0.39, 0.29) is 0 Å². The maximum Gasteiger partial charge on any atom is 0.0474 e. The molecule has 1 aliphatic carbocycles. The van der Waals surface area contributed by atoms with Crippen molar-refractivity contribution in [1.29, 1.82) is 0 Å². The minimum Gasteiger partial charge on any atom is -0.385 e. The Morgan fingerprint density at radius 2 is 2.00 bits per heavy atom. The highest BCUT2D eigenvalue weighted by Crippen LogP contribution is 2.26. The molecule has 0 unspecified atom stereocenters. The summed E-state index contributed by atoms with van der Waals surface area (Å²) in [5.41, 5.74) is 0. The van der Waals surface area contributed by atoms with Crippen molar-refractivity contribution in [3.63, 3.8) is 0 Å². The van der Waals surface area contributed by atoms with E-state index in [9.17, 15) is 0 Å². The Hall–Kier alpha value is -0.0800. The van der Waals surface area contributed by atoms with E-state index in [4.69, 9.17) is 4.74 Å². The number of hydrogen-bond donors (Lipinski definition) is 1. The normalized spacial score (nSPS) is 21.0. The van der Waals surface area contributed by atoms with E-state index in [1.165, 1.54) is 32.1 Å². The van der Waals surface area contributed by atoms with Gasteiger partial charge in [-0.05, 0) is 38.6 Å². The summed E-state index contributed by atoms with van der Waals surface area (Å²) in [4.78, 5) is 0. The van der Waals surface area contributed by atoms with Gasteiger partial charge in [-0.3, -0.25) is 0 Å². The zero-order chi connectivity index (χ0) is 10.2. The van der Waals surface area contributed by atoms with Crippen LogP contribution < -0.4 is 5.32 Å². The fraction of sp³-hybridized carbons (Fsp3) is 1.00. The van der Waals surface area contributed by atoms with Gasteiger partial charge in [-0.1, -0.05) is 19.3 Å². The smallest absolute Gasteiger partial charge is 0.0474 e. The molecule has 0 aromatic rings. The van der Waals surface area contributed by atoms with E-state index in [1.54, 1.807) is 7.11 Å². The molecule has 0 aromatic heterocycles. The van der Waals surface area contributed by atoms with Gasteiger partial charge in [0.2, 0.25) is 0 Å². The summed E-state index contributed by atoms with van der Waals surface area (Å²) in [6.07, 6.45) is 8.32. The lowest BCUT2D eigenvalue weighted by atomic mass is 9.84. The van der Waals surface area contributed by atoms with Crippen molar-refractivity contribution in [2.45, 2.75) is 51.5 Å². The van der Waals surface area contributed by atoms with Crippen molar-refractivity contribution < 1.29 is 4.74 Å². The van der Waals surface area contributed by atoms with E-state index < -0.39 is 0 Å². The summed E-state index contributed by atoms with van der Waals surface area (Å²) in [5, 5.41) is 3.61. The lowest BCUT2D eigenvalue weighted by Crippen LogP contribution is -2.35. The molecule has 84 valence electrons. The van der Waals surface area contributed by atoms with Gasteiger partial charge in [-0.2, -0.15) is 0 Å². The highest BCUT2D eigenvalue weighted by molar-refractivity contribution is 4.75. The lowest BCUT2D eigenvalue weighted by Gasteiger charge is -2.28. The fourth-order valence-corrected chi connectivity index (χ4v) is 2.35. The zero-order valence-corrected chi connectivity index (χ0v) is 9.72. The minimum atomic E-state index is 0.701. The number of hydrogen-bond acceptors (Lipinski definition) is 2. The quantitative estimate of drug-likeness (QED) is 0.664. The van der Waals surface area contributed by atoms with E-state index in [0.717, 1.165) is 25.5 Å². The molecule has 1 aliphatic rings. The van der Waals surface area contributed by atoms with Gasteiger partial charge in [0.05, 0.1) is 0 Å². The summed E-state index contributed by atoms with van der Waals surface area (Å²) < 4.78 is 5.03. The van der Waals surface area contributed by atoms with Crippen molar-refractivity contribution in [2.24, 2.45) is 5.92 Å². The summed E-state index contributed by atoms with van der Waals surface area (Å²) in [7, 11) is 1.77. The third-order valence-electron chi connectivity index (χ3n) is 3.35. The van der Waals surface area contributed by atoms with Crippen LogP contribution in [-0.4, -0.2) is 26.3 Å². The average molecular weight is 199 g/mol. The Balaban J connectivity index is 2.04. The highest BCUT2D eigenvalue weighted by atomic mass is 16.5. The van der Waals surface area contributed by atoms with Crippen LogP contribution in [0.5, 0.6) is 0 Å². The van der Waals surface area contributed by atoms with Crippen LogP contribution in [0, 0.1) is 5.92 Å². The molecule has 0 aromatic carbocycles. The van der Waals surface area contributed by atoms with E-state index in [2.05, 4.69) is 12.2 Å². The van der Waals surface area contributed by atoms with Gasteiger partial charge in [-0.15, -0.1) is 0 Å². The Bertz CT molecular complexity index is 132. The highest BCUT2D eigenvalue weighted by Gasteiger charge is 2.18. The molecule has 0 amide bonds. The summed E-state index contributed by atoms with van der Waals surface area (Å²) >= 11 is 0. The van der Waals surface area contributed by atoms with E-state index in [1.807, 2.05) is 0 Å². The van der Waals surface area contributed by atoms with Crippen molar-refractivity contribution in [2.75, 3.05) is 20.3 Å². The van der Waals surface area contributed by atoms with Gasteiger partial charge in [0, 0.05) is 19.8 Å². The predicted octanol–water partition coefficient (Wildman–Crippen LogP) is 2.58. The van der Waals surface area contributed by atoms with Gasteiger partial charge >= 0.3 is 0 Å². The first-order valence-corrected chi connectivity index (χ1v) is 6.07. The Morgan fingerprint density at radius 3 is 2.64 bits per heavy atom. The molecule has 0 aliphatic heterocycles. The number of rotatable bonds is 6. The molecular weight excluding hydrogens is 174 g/mol. The Morgan fingerprint density at radius 1 is 1.29 bits per heavy atom. The lowest BCUT2D eigenvalue weighted by molar-refractivity contribution is 0.190. The number of nitrogens with one attached hydrogen (secondary N) is 1. The maximum absolute atomic E-state index is 5.03. The molecule has 2 heteroatoms. The van der Waals surface area contributed by atoms with Crippen molar-refractivity contribution in [1.82, 2.24) is 5.32 Å². The van der Waals surface area contributed by atoms with Gasteiger partial charge < -0.3 is 10.1 Å². The first-order chi connectivity index (χ1) is 6.84. The molecule has 2 nitrogen and oxygen atoms in total. The molecular formula is C12H25NO. The Kier molecular flexibility index (Phi) is 6.20. The average Bonchev–Trinajstić information content (AvgIpc) is 2.25. The maximum atomic E-state index is 5.03. The van der Waals surface area contributed by atoms with Crippen LogP contribution in [0.1, 0.15) is 45.4 Å². The molecule has 1 fully saturated rings. The number of methoxy groups -OCH3 is 1. The van der Waals surface area contributed by atoms with Gasteiger partial charge in [0.1, 0.15) is 0 Å². The van der Waals surface area contributed by atoms with Crippen LogP contribution >= 0.6 is 0 Å². The minimum absolute atomic E-state index is 0.701. The second-order valence-corrected chi connectivity index (χ2v) is 4.49. The molecule has 1 rings (SSSR count). The molecule has 1 N–H and O–H groups in total.